The van der Waals surface area contributed by atoms with Gasteiger partial charge in [0.25, 0.3) is 0 Å². The van der Waals surface area contributed by atoms with Gasteiger partial charge in [0.15, 0.2) is 17.5 Å². The molecule has 0 unspecified atom stereocenters. The number of carboxylic acids is 1. The third-order valence-electron chi connectivity index (χ3n) is 8.41. The fourth-order valence-corrected chi connectivity index (χ4v) is 6.43. The minimum Gasteiger partial charge on any atom is -0.478 e. The second kappa shape index (κ2) is 11.1. The van der Waals surface area contributed by atoms with Gasteiger partial charge in [0.05, 0.1) is 5.56 Å². The van der Waals surface area contributed by atoms with Crippen molar-refractivity contribution in [1.29, 1.82) is 0 Å². The molecule has 0 aliphatic heterocycles. The molecule has 2 aromatic carbocycles. The molecule has 0 amide bonds. The third-order valence-corrected chi connectivity index (χ3v) is 8.41. The topological polar surface area (TPSA) is 37.3 Å². The molecule has 0 atom stereocenters. The SMILES string of the molecule is CCCCC1CCC(C2CCC(c3ccc(C(=O)O)c(F)c3-c3cc(F)c(F)c(F)c3)CC2)CC1. The van der Waals surface area contributed by atoms with E-state index in [0.29, 0.717) is 11.5 Å². The van der Waals surface area contributed by atoms with Gasteiger partial charge in [-0.2, -0.15) is 0 Å². The van der Waals surface area contributed by atoms with E-state index in [4.69, 9.17) is 0 Å². The van der Waals surface area contributed by atoms with Crippen molar-refractivity contribution in [2.24, 2.45) is 17.8 Å². The summed E-state index contributed by atoms with van der Waals surface area (Å²) in [5, 5.41) is 9.39. The molecule has 0 bridgehead atoms. The average Bonchev–Trinajstić information content (AvgIpc) is 2.85. The van der Waals surface area contributed by atoms with Gasteiger partial charge in [-0.25, -0.2) is 22.4 Å². The van der Waals surface area contributed by atoms with Crippen LogP contribution in [0.3, 0.4) is 0 Å². The predicted molar refractivity (Wildman–Crippen MR) is 128 cm³/mol. The Bertz CT molecular complexity index is 1030. The maximum absolute atomic E-state index is 15.4. The van der Waals surface area contributed by atoms with E-state index in [1.54, 1.807) is 6.07 Å². The first-order valence-corrected chi connectivity index (χ1v) is 13.0. The second-order valence-corrected chi connectivity index (χ2v) is 10.5. The van der Waals surface area contributed by atoms with Crippen LogP contribution in [-0.2, 0) is 0 Å². The zero-order valence-electron chi connectivity index (χ0n) is 20.3. The number of unbranched alkanes of at least 4 members (excludes halogenated alkanes) is 1. The Hall–Kier alpha value is -2.37. The van der Waals surface area contributed by atoms with E-state index < -0.39 is 34.8 Å². The Morgan fingerprint density at radius 1 is 0.857 bits per heavy atom. The molecule has 0 saturated heterocycles. The van der Waals surface area contributed by atoms with Crippen LogP contribution in [0.2, 0.25) is 0 Å². The van der Waals surface area contributed by atoms with Crippen LogP contribution < -0.4 is 0 Å². The fourth-order valence-electron chi connectivity index (χ4n) is 6.43. The summed E-state index contributed by atoms with van der Waals surface area (Å²) in [4.78, 5) is 11.5. The first-order valence-electron chi connectivity index (χ1n) is 13.0. The number of carboxylic acid groups (broad SMARTS) is 1. The molecule has 35 heavy (non-hydrogen) atoms. The predicted octanol–water partition coefficient (Wildman–Crippen LogP) is 8.88. The van der Waals surface area contributed by atoms with Crippen LogP contribution in [-0.4, -0.2) is 11.1 Å². The van der Waals surface area contributed by atoms with Crippen molar-refractivity contribution >= 4 is 5.97 Å². The van der Waals surface area contributed by atoms with Gasteiger partial charge in [0.1, 0.15) is 5.82 Å². The number of halogens is 4. The Kier molecular flexibility index (Phi) is 8.18. The highest BCUT2D eigenvalue weighted by atomic mass is 19.2. The van der Waals surface area contributed by atoms with Crippen molar-refractivity contribution in [3.8, 4) is 11.1 Å². The average molecular weight is 491 g/mol. The van der Waals surface area contributed by atoms with Gasteiger partial charge in [0, 0.05) is 5.56 Å². The van der Waals surface area contributed by atoms with Crippen molar-refractivity contribution in [3.05, 3.63) is 58.7 Å². The lowest BCUT2D eigenvalue weighted by Gasteiger charge is -2.38. The van der Waals surface area contributed by atoms with E-state index >= 15 is 4.39 Å². The molecule has 0 heterocycles. The summed E-state index contributed by atoms with van der Waals surface area (Å²) in [6.07, 6.45) is 12.7. The molecule has 2 saturated carbocycles. The molecule has 0 spiro atoms. The molecule has 1 N–H and O–H groups in total. The van der Waals surface area contributed by atoms with Gasteiger partial charge in [-0.05, 0) is 91.5 Å². The Morgan fingerprint density at radius 2 is 1.43 bits per heavy atom. The molecule has 2 nitrogen and oxygen atoms in total. The quantitative estimate of drug-likeness (QED) is 0.311. The van der Waals surface area contributed by atoms with Crippen molar-refractivity contribution in [3.63, 3.8) is 0 Å². The Balaban J connectivity index is 1.53. The molecule has 0 aromatic heterocycles. The molecule has 2 aliphatic carbocycles. The lowest BCUT2D eigenvalue weighted by Crippen LogP contribution is -2.25. The number of aromatic carboxylic acids is 1. The molecule has 2 fully saturated rings. The van der Waals surface area contributed by atoms with Gasteiger partial charge in [-0.15, -0.1) is 0 Å². The van der Waals surface area contributed by atoms with Crippen LogP contribution in [0.25, 0.3) is 11.1 Å². The Morgan fingerprint density at radius 3 is 1.97 bits per heavy atom. The van der Waals surface area contributed by atoms with E-state index in [1.165, 1.54) is 51.0 Å². The largest absolute Gasteiger partial charge is 0.478 e. The van der Waals surface area contributed by atoms with Crippen LogP contribution in [0.1, 0.15) is 99.4 Å². The minimum atomic E-state index is -1.63. The van der Waals surface area contributed by atoms with E-state index in [1.807, 2.05) is 0 Å². The molecule has 190 valence electrons. The summed E-state index contributed by atoms with van der Waals surface area (Å²) in [5.41, 5.74) is -0.339. The standard InChI is InChI=1S/C29H34F4O2/c1-2-3-4-17-5-7-18(8-6-17)19-9-11-20(12-10-19)22-13-14-23(29(34)35)27(32)26(22)21-15-24(30)28(33)25(31)16-21/h13-20H,2-12H2,1H3,(H,34,35). The summed E-state index contributed by atoms with van der Waals surface area (Å²) in [5.74, 6) is -4.81. The lowest BCUT2D eigenvalue weighted by atomic mass is 9.67. The number of hydrogen-bond acceptors (Lipinski definition) is 1. The smallest absolute Gasteiger partial charge is 0.338 e. The second-order valence-electron chi connectivity index (χ2n) is 10.5. The fraction of sp³-hybridized carbons (Fsp3) is 0.552. The van der Waals surface area contributed by atoms with Crippen LogP contribution >= 0.6 is 0 Å². The van der Waals surface area contributed by atoms with Crippen molar-refractivity contribution < 1.29 is 27.5 Å². The van der Waals surface area contributed by atoms with Crippen LogP contribution in [0.15, 0.2) is 24.3 Å². The molecule has 2 aromatic rings. The number of rotatable bonds is 7. The van der Waals surface area contributed by atoms with Crippen LogP contribution in [0.5, 0.6) is 0 Å². The maximum Gasteiger partial charge on any atom is 0.338 e. The first kappa shape index (κ1) is 25.7. The third kappa shape index (κ3) is 5.57. The summed E-state index contributed by atoms with van der Waals surface area (Å²) in [6, 6.07) is 4.27. The minimum absolute atomic E-state index is 0.0457. The first-order chi connectivity index (χ1) is 16.8. The molecule has 2 aliphatic rings. The molecular formula is C29H34F4O2. The molecule has 4 rings (SSSR count). The van der Waals surface area contributed by atoms with E-state index in [9.17, 15) is 23.1 Å². The van der Waals surface area contributed by atoms with Crippen LogP contribution in [0.4, 0.5) is 17.6 Å². The van der Waals surface area contributed by atoms with Gasteiger partial charge < -0.3 is 5.11 Å². The maximum atomic E-state index is 15.4. The molecule has 6 heteroatoms. The zero-order chi connectivity index (χ0) is 25.1. The highest BCUT2D eigenvalue weighted by Gasteiger charge is 2.33. The molecular weight excluding hydrogens is 456 g/mol. The normalized spacial score (nSPS) is 24.9. The van der Waals surface area contributed by atoms with Crippen molar-refractivity contribution in [1.82, 2.24) is 0 Å². The van der Waals surface area contributed by atoms with E-state index in [2.05, 4.69) is 6.92 Å². The number of benzene rings is 2. The number of hydrogen-bond donors (Lipinski definition) is 1. The van der Waals surface area contributed by atoms with Gasteiger partial charge in [0.2, 0.25) is 0 Å². The highest BCUT2D eigenvalue weighted by molar-refractivity contribution is 5.90. The van der Waals surface area contributed by atoms with Gasteiger partial charge in [-0.3, -0.25) is 0 Å². The summed E-state index contributed by atoms with van der Waals surface area (Å²) >= 11 is 0. The zero-order valence-corrected chi connectivity index (χ0v) is 20.3. The summed E-state index contributed by atoms with van der Waals surface area (Å²) in [6.45, 7) is 2.24. The van der Waals surface area contributed by atoms with Gasteiger partial charge in [-0.1, -0.05) is 45.1 Å². The van der Waals surface area contributed by atoms with E-state index in [-0.39, 0.29) is 17.0 Å². The Labute approximate surface area is 204 Å². The van der Waals surface area contributed by atoms with E-state index in [0.717, 1.165) is 49.7 Å². The monoisotopic (exact) mass is 490 g/mol. The summed E-state index contributed by atoms with van der Waals surface area (Å²) in [7, 11) is 0. The van der Waals surface area contributed by atoms with Crippen LogP contribution in [0, 0.1) is 41.0 Å². The van der Waals surface area contributed by atoms with Gasteiger partial charge >= 0.3 is 5.97 Å². The highest BCUT2D eigenvalue weighted by Crippen LogP contribution is 2.47. The van der Waals surface area contributed by atoms with Crippen molar-refractivity contribution in [2.45, 2.75) is 83.5 Å². The van der Waals surface area contributed by atoms with Crippen molar-refractivity contribution in [2.75, 3.05) is 0 Å². The molecule has 0 radical (unpaired) electrons. The summed E-state index contributed by atoms with van der Waals surface area (Å²) < 4.78 is 56.9. The lowest BCUT2D eigenvalue weighted by molar-refractivity contribution is 0.0692. The number of carbonyl (C=O) groups is 1.